The lowest BCUT2D eigenvalue weighted by atomic mass is 10.1. The molecule has 0 saturated carbocycles. The highest BCUT2D eigenvalue weighted by Crippen LogP contribution is 2.29. The predicted octanol–water partition coefficient (Wildman–Crippen LogP) is 1.07. The monoisotopic (exact) mass is 285 g/mol. The molecule has 1 aromatic rings. The highest BCUT2D eigenvalue weighted by Gasteiger charge is 2.33. The van der Waals surface area contributed by atoms with Crippen molar-refractivity contribution in [1.82, 2.24) is 4.31 Å². The van der Waals surface area contributed by atoms with Gasteiger partial charge in [-0.3, -0.25) is 0 Å². The molecule has 6 heteroatoms. The van der Waals surface area contributed by atoms with Gasteiger partial charge in [-0.2, -0.15) is 4.31 Å². The van der Waals surface area contributed by atoms with Gasteiger partial charge >= 0.3 is 0 Å². The van der Waals surface area contributed by atoms with Gasteiger partial charge < -0.3 is 9.84 Å². The number of rotatable bonds is 3. The van der Waals surface area contributed by atoms with Gasteiger partial charge in [0.25, 0.3) is 0 Å². The zero-order valence-corrected chi connectivity index (χ0v) is 12.2. The summed E-state index contributed by atoms with van der Waals surface area (Å²) >= 11 is 0. The average molecular weight is 285 g/mol. The second-order valence-corrected chi connectivity index (χ2v) is 6.77. The summed E-state index contributed by atoms with van der Waals surface area (Å²) in [5.74, 6) is 0.649. The molecule has 0 bridgehead atoms. The van der Waals surface area contributed by atoms with Crippen LogP contribution in [0.2, 0.25) is 0 Å². The van der Waals surface area contributed by atoms with Crippen molar-refractivity contribution in [3.05, 3.63) is 23.3 Å². The standard InChI is InChI=1S/C13H19NO4S/c1-9-6-12(18-3)7-10(2)13(9)19(16,17)14-5-4-11(15)8-14/h6-7,11,15H,4-5,8H2,1-3H3/t11-/m1/s1. The normalized spacial score (nSPS) is 20.7. The first-order valence-electron chi connectivity index (χ1n) is 6.19. The third kappa shape index (κ3) is 2.61. The van der Waals surface area contributed by atoms with E-state index < -0.39 is 16.1 Å². The first-order chi connectivity index (χ1) is 8.86. The van der Waals surface area contributed by atoms with Gasteiger partial charge in [0.15, 0.2) is 0 Å². The fourth-order valence-corrected chi connectivity index (χ4v) is 4.40. The number of sulfonamides is 1. The molecule has 0 radical (unpaired) electrons. The summed E-state index contributed by atoms with van der Waals surface area (Å²) in [7, 11) is -1.99. The van der Waals surface area contributed by atoms with Crippen LogP contribution < -0.4 is 4.74 Å². The lowest BCUT2D eigenvalue weighted by molar-refractivity contribution is 0.189. The molecule has 1 aliphatic heterocycles. The molecular weight excluding hydrogens is 266 g/mol. The van der Waals surface area contributed by atoms with E-state index in [-0.39, 0.29) is 6.54 Å². The van der Waals surface area contributed by atoms with E-state index in [1.807, 2.05) is 0 Å². The van der Waals surface area contributed by atoms with Crippen LogP contribution in [0.5, 0.6) is 5.75 Å². The van der Waals surface area contributed by atoms with Crippen LogP contribution in [0.1, 0.15) is 17.5 Å². The Hall–Kier alpha value is -1.11. The van der Waals surface area contributed by atoms with Gasteiger partial charge in [0.1, 0.15) is 5.75 Å². The SMILES string of the molecule is COc1cc(C)c(S(=O)(=O)N2CC[C@@H](O)C2)c(C)c1. The average Bonchev–Trinajstić information content (AvgIpc) is 2.75. The van der Waals surface area contributed by atoms with Crippen LogP contribution in [0.15, 0.2) is 17.0 Å². The molecule has 1 N–H and O–H groups in total. The first-order valence-corrected chi connectivity index (χ1v) is 7.63. The molecule has 1 fully saturated rings. The summed E-state index contributed by atoms with van der Waals surface area (Å²) in [5.41, 5.74) is 1.33. The molecule has 0 spiro atoms. The molecule has 0 amide bonds. The van der Waals surface area contributed by atoms with Crippen molar-refractivity contribution in [1.29, 1.82) is 0 Å². The van der Waals surface area contributed by atoms with E-state index in [9.17, 15) is 13.5 Å². The summed E-state index contributed by atoms with van der Waals surface area (Å²) in [5, 5.41) is 9.50. The first kappa shape index (κ1) is 14.3. The number of aryl methyl sites for hydroxylation is 2. The Balaban J connectivity index is 2.46. The Bertz CT molecular complexity index is 559. The number of aliphatic hydroxyl groups is 1. The van der Waals surface area contributed by atoms with E-state index in [0.717, 1.165) is 0 Å². The van der Waals surface area contributed by atoms with Crippen molar-refractivity contribution in [2.75, 3.05) is 20.2 Å². The van der Waals surface area contributed by atoms with Crippen LogP contribution in [0, 0.1) is 13.8 Å². The van der Waals surface area contributed by atoms with Gasteiger partial charge in [0.2, 0.25) is 10.0 Å². The second kappa shape index (κ2) is 5.11. The van der Waals surface area contributed by atoms with Gasteiger partial charge in [0.05, 0.1) is 18.1 Å². The number of ether oxygens (including phenoxy) is 1. The fourth-order valence-electron chi connectivity index (χ4n) is 2.49. The molecular formula is C13H19NO4S. The maximum Gasteiger partial charge on any atom is 0.243 e. The molecule has 0 aliphatic carbocycles. The van der Waals surface area contributed by atoms with Crippen LogP contribution in [0.3, 0.4) is 0 Å². The van der Waals surface area contributed by atoms with Crippen molar-refractivity contribution in [3.63, 3.8) is 0 Å². The number of methoxy groups -OCH3 is 1. The fraction of sp³-hybridized carbons (Fsp3) is 0.538. The predicted molar refractivity (Wildman–Crippen MR) is 71.9 cm³/mol. The number of hydrogen-bond donors (Lipinski definition) is 1. The zero-order chi connectivity index (χ0) is 14.2. The molecule has 5 nitrogen and oxygen atoms in total. The Morgan fingerprint density at radius 3 is 2.32 bits per heavy atom. The lowest BCUT2D eigenvalue weighted by Crippen LogP contribution is -2.30. The second-order valence-electron chi connectivity index (χ2n) is 4.90. The van der Waals surface area contributed by atoms with Gasteiger partial charge in [-0.05, 0) is 43.5 Å². The summed E-state index contributed by atoms with van der Waals surface area (Å²) in [6.07, 6.45) is -0.0679. The Morgan fingerprint density at radius 2 is 1.89 bits per heavy atom. The topological polar surface area (TPSA) is 66.8 Å². The molecule has 1 atom stereocenters. The van der Waals surface area contributed by atoms with E-state index >= 15 is 0 Å². The molecule has 0 unspecified atom stereocenters. The molecule has 106 valence electrons. The molecule has 1 heterocycles. The third-order valence-corrected chi connectivity index (χ3v) is 5.56. The van der Waals surface area contributed by atoms with E-state index in [0.29, 0.717) is 34.7 Å². The molecule has 19 heavy (non-hydrogen) atoms. The van der Waals surface area contributed by atoms with Gasteiger partial charge in [-0.1, -0.05) is 0 Å². The Labute approximate surface area is 113 Å². The minimum atomic E-state index is -3.54. The van der Waals surface area contributed by atoms with E-state index in [1.54, 1.807) is 33.1 Å². The van der Waals surface area contributed by atoms with Crippen LogP contribution in [-0.2, 0) is 10.0 Å². The van der Waals surface area contributed by atoms with Crippen molar-refractivity contribution in [3.8, 4) is 5.75 Å². The number of nitrogens with zero attached hydrogens (tertiary/aromatic N) is 1. The zero-order valence-electron chi connectivity index (χ0n) is 11.4. The third-order valence-electron chi connectivity index (χ3n) is 3.39. The van der Waals surface area contributed by atoms with E-state index in [2.05, 4.69) is 0 Å². The largest absolute Gasteiger partial charge is 0.497 e. The number of β-amino-alcohol motifs (C(OH)–C–C–N with tert-alkyl or cyclic N) is 1. The van der Waals surface area contributed by atoms with E-state index in [1.165, 1.54) is 4.31 Å². The van der Waals surface area contributed by atoms with Gasteiger partial charge in [-0.25, -0.2) is 8.42 Å². The Morgan fingerprint density at radius 1 is 1.32 bits per heavy atom. The summed E-state index contributed by atoms with van der Waals surface area (Å²) in [6, 6.07) is 3.43. The van der Waals surface area contributed by atoms with Crippen LogP contribution in [-0.4, -0.2) is 44.1 Å². The van der Waals surface area contributed by atoms with Crippen molar-refractivity contribution >= 4 is 10.0 Å². The van der Waals surface area contributed by atoms with Crippen LogP contribution in [0.25, 0.3) is 0 Å². The summed E-state index contributed by atoms with van der Waals surface area (Å²) in [4.78, 5) is 0.322. The van der Waals surface area contributed by atoms with Crippen molar-refractivity contribution in [2.45, 2.75) is 31.3 Å². The van der Waals surface area contributed by atoms with Crippen LogP contribution in [0.4, 0.5) is 0 Å². The smallest absolute Gasteiger partial charge is 0.243 e. The highest BCUT2D eigenvalue weighted by atomic mass is 32.2. The molecule has 0 aromatic heterocycles. The Kier molecular flexibility index (Phi) is 3.85. The summed E-state index contributed by atoms with van der Waals surface area (Å²) in [6.45, 7) is 4.06. The number of aliphatic hydroxyl groups excluding tert-OH is 1. The highest BCUT2D eigenvalue weighted by molar-refractivity contribution is 7.89. The quantitative estimate of drug-likeness (QED) is 0.902. The number of benzene rings is 1. The minimum Gasteiger partial charge on any atom is -0.497 e. The molecule has 1 aliphatic rings. The maximum absolute atomic E-state index is 12.6. The van der Waals surface area contributed by atoms with Gasteiger partial charge in [-0.15, -0.1) is 0 Å². The van der Waals surface area contributed by atoms with Gasteiger partial charge in [0, 0.05) is 13.1 Å². The number of hydrogen-bond acceptors (Lipinski definition) is 4. The summed E-state index contributed by atoms with van der Waals surface area (Å²) < 4.78 is 31.7. The van der Waals surface area contributed by atoms with Crippen molar-refractivity contribution < 1.29 is 18.3 Å². The molecule has 1 aromatic carbocycles. The van der Waals surface area contributed by atoms with E-state index in [4.69, 9.17) is 4.74 Å². The minimum absolute atomic E-state index is 0.174. The van der Waals surface area contributed by atoms with Crippen LogP contribution >= 0.6 is 0 Å². The molecule has 2 rings (SSSR count). The maximum atomic E-state index is 12.6. The molecule has 1 saturated heterocycles. The van der Waals surface area contributed by atoms with Crippen molar-refractivity contribution in [2.24, 2.45) is 0 Å². The lowest BCUT2D eigenvalue weighted by Gasteiger charge is -2.19.